The second kappa shape index (κ2) is 4.00. The monoisotopic (exact) mass is 181 g/mol. The van der Waals surface area contributed by atoms with Crippen molar-refractivity contribution in [3.05, 3.63) is 0 Å². The van der Waals surface area contributed by atoms with E-state index in [9.17, 15) is 0 Å². The molecule has 2 atom stereocenters. The van der Waals surface area contributed by atoms with Crippen LogP contribution in [-0.4, -0.2) is 13.1 Å². The van der Waals surface area contributed by atoms with E-state index in [0.29, 0.717) is 0 Å². The molecule has 0 spiro atoms. The van der Waals surface area contributed by atoms with Gasteiger partial charge >= 0.3 is 0 Å². The zero-order valence-electron chi connectivity index (χ0n) is 9.05. The minimum absolute atomic E-state index is 1.02. The van der Waals surface area contributed by atoms with Crippen molar-refractivity contribution in [2.24, 2.45) is 23.7 Å². The van der Waals surface area contributed by atoms with Gasteiger partial charge in [-0.1, -0.05) is 26.7 Å². The van der Waals surface area contributed by atoms with Gasteiger partial charge in [-0.05, 0) is 49.6 Å². The predicted molar refractivity (Wildman–Crippen MR) is 56.6 cm³/mol. The van der Waals surface area contributed by atoms with Crippen LogP contribution in [0.15, 0.2) is 0 Å². The Bertz CT molecular complexity index is 151. The van der Waals surface area contributed by atoms with Gasteiger partial charge < -0.3 is 5.32 Å². The third-order valence-corrected chi connectivity index (χ3v) is 4.41. The van der Waals surface area contributed by atoms with E-state index in [1.54, 1.807) is 0 Å². The van der Waals surface area contributed by atoms with Gasteiger partial charge in [0.25, 0.3) is 0 Å². The largest absolute Gasteiger partial charge is 0.316 e. The number of hydrogen-bond donors (Lipinski definition) is 1. The fourth-order valence-corrected chi connectivity index (χ4v) is 3.55. The smallest absolute Gasteiger partial charge is 0.00172 e. The van der Waals surface area contributed by atoms with Gasteiger partial charge in [0.2, 0.25) is 0 Å². The van der Waals surface area contributed by atoms with Gasteiger partial charge in [-0.3, -0.25) is 0 Å². The lowest BCUT2D eigenvalue weighted by molar-refractivity contribution is 0.302. The molecule has 1 saturated carbocycles. The van der Waals surface area contributed by atoms with Gasteiger partial charge in [0.05, 0.1) is 0 Å². The van der Waals surface area contributed by atoms with Crippen LogP contribution in [0.4, 0.5) is 0 Å². The summed E-state index contributed by atoms with van der Waals surface area (Å²) in [7, 11) is 0. The molecule has 2 fully saturated rings. The SMILES string of the molecule is CCC(CC)C1CC2CNCC2C1. The summed E-state index contributed by atoms with van der Waals surface area (Å²) in [4.78, 5) is 0. The molecule has 0 aromatic heterocycles. The summed E-state index contributed by atoms with van der Waals surface area (Å²) in [5.41, 5.74) is 0. The third kappa shape index (κ3) is 1.76. The summed E-state index contributed by atoms with van der Waals surface area (Å²) in [6.07, 6.45) is 5.83. The average Bonchev–Trinajstić information content (AvgIpc) is 2.65. The van der Waals surface area contributed by atoms with E-state index >= 15 is 0 Å². The molecule has 0 bridgehead atoms. The van der Waals surface area contributed by atoms with Crippen LogP contribution >= 0.6 is 0 Å². The van der Waals surface area contributed by atoms with E-state index in [-0.39, 0.29) is 0 Å². The van der Waals surface area contributed by atoms with Crippen molar-refractivity contribution in [3.8, 4) is 0 Å². The van der Waals surface area contributed by atoms with Gasteiger partial charge in [-0.15, -0.1) is 0 Å². The summed E-state index contributed by atoms with van der Waals surface area (Å²) in [6.45, 7) is 7.34. The van der Waals surface area contributed by atoms with Crippen LogP contribution in [0.2, 0.25) is 0 Å². The Hall–Kier alpha value is -0.0400. The second-order valence-corrected chi connectivity index (χ2v) is 4.99. The average molecular weight is 181 g/mol. The van der Waals surface area contributed by atoms with Gasteiger partial charge in [0.1, 0.15) is 0 Å². The maximum atomic E-state index is 3.52. The van der Waals surface area contributed by atoms with Gasteiger partial charge in [-0.25, -0.2) is 0 Å². The molecule has 1 aliphatic carbocycles. The Morgan fingerprint density at radius 2 is 1.62 bits per heavy atom. The lowest BCUT2D eigenvalue weighted by Gasteiger charge is -2.21. The highest BCUT2D eigenvalue weighted by molar-refractivity contribution is 4.92. The summed E-state index contributed by atoms with van der Waals surface area (Å²) >= 11 is 0. The fourth-order valence-electron chi connectivity index (χ4n) is 3.55. The first-order valence-corrected chi connectivity index (χ1v) is 6.05. The quantitative estimate of drug-likeness (QED) is 0.706. The Kier molecular flexibility index (Phi) is 2.92. The zero-order valence-corrected chi connectivity index (χ0v) is 9.05. The molecule has 1 aliphatic heterocycles. The predicted octanol–water partition coefficient (Wildman–Crippen LogP) is 2.67. The first kappa shape index (κ1) is 9.51. The molecule has 0 aromatic carbocycles. The molecule has 1 saturated heterocycles. The Morgan fingerprint density at radius 1 is 1.08 bits per heavy atom. The first-order valence-electron chi connectivity index (χ1n) is 6.05. The molecular weight excluding hydrogens is 158 g/mol. The second-order valence-electron chi connectivity index (χ2n) is 4.99. The highest BCUT2D eigenvalue weighted by Gasteiger charge is 2.39. The van der Waals surface area contributed by atoms with E-state index in [1.807, 2.05) is 0 Å². The molecule has 1 heteroatoms. The number of fused-ring (bicyclic) bond motifs is 1. The summed E-state index contributed by atoms with van der Waals surface area (Å²) in [6, 6.07) is 0. The molecule has 0 amide bonds. The Morgan fingerprint density at radius 3 is 2.08 bits per heavy atom. The van der Waals surface area contributed by atoms with Crippen LogP contribution in [0.25, 0.3) is 0 Å². The molecular formula is C12H23N. The van der Waals surface area contributed by atoms with Gasteiger partial charge in [-0.2, -0.15) is 0 Å². The molecule has 1 nitrogen and oxygen atoms in total. The first-order chi connectivity index (χ1) is 6.35. The van der Waals surface area contributed by atoms with Gasteiger partial charge in [0, 0.05) is 0 Å². The van der Waals surface area contributed by atoms with Crippen LogP contribution in [0.1, 0.15) is 39.5 Å². The topological polar surface area (TPSA) is 12.0 Å². The maximum absolute atomic E-state index is 3.52. The van der Waals surface area contributed by atoms with E-state index in [4.69, 9.17) is 0 Å². The van der Waals surface area contributed by atoms with Gasteiger partial charge in [0.15, 0.2) is 0 Å². The Labute approximate surface area is 82.3 Å². The molecule has 0 radical (unpaired) electrons. The van der Waals surface area contributed by atoms with Crippen LogP contribution in [-0.2, 0) is 0 Å². The standard InChI is InChI=1S/C12H23N/c1-3-9(4-2)10-5-11-7-13-8-12(11)6-10/h9-13H,3-8H2,1-2H3. The van der Waals surface area contributed by atoms with Crippen molar-refractivity contribution in [2.45, 2.75) is 39.5 Å². The van der Waals surface area contributed by atoms with Crippen molar-refractivity contribution in [2.75, 3.05) is 13.1 Å². The van der Waals surface area contributed by atoms with E-state index in [0.717, 1.165) is 23.7 Å². The molecule has 2 unspecified atom stereocenters. The molecule has 76 valence electrons. The van der Waals surface area contributed by atoms with Crippen molar-refractivity contribution in [3.63, 3.8) is 0 Å². The van der Waals surface area contributed by atoms with Crippen molar-refractivity contribution >= 4 is 0 Å². The van der Waals surface area contributed by atoms with Crippen LogP contribution in [0.3, 0.4) is 0 Å². The minimum Gasteiger partial charge on any atom is -0.316 e. The van der Waals surface area contributed by atoms with Crippen LogP contribution in [0, 0.1) is 23.7 Å². The highest BCUT2D eigenvalue weighted by Crippen LogP contribution is 2.43. The number of rotatable bonds is 3. The summed E-state index contributed by atoms with van der Waals surface area (Å²) in [5, 5.41) is 3.52. The van der Waals surface area contributed by atoms with Crippen LogP contribution < -0.4 is 5.32 Å². The zero-order chi connectivity index (χ0) is 9.26. The highest BCUT2D eigenvalue weighted by atomic mass is 14.9. The lowest BCUT2D eigenvalue weighted by Crippen LogP contribution is -2.16. The maximum Gasteiger partial charge on any atom is -0.00172 e. The van der Waals surface area contributed by atoms with Crippen molar-refractivity contribution < 1.29 is 0 Å². The van der Waals surface area contributed by atoms with E-state index in [1.165, 1.54) is 38.8 Å². The molecule has 2 rings (SSSR count). The van der Waals surface area contributed by atoms with Crippen molar-refractivity contribution in [1.29, 1.82) is 0 Å². The van der Waals surface area contributed by atoms with Crippen LogP contribution in [0.5, 0.6) is 0 Å². The van der Waals surface area contributed by atoms with E-state index < -0.39 is 0 Å². The lowest BCUT2D eigenvalue weighted by atomic mass is 9.86. The summed E-state index contributed by atoms with van der Waals surface area (Å²) < 4.78 is 0. The molecule has 13 heavy (non-hydrogen) atoms. The molecule has 0 aromatic rings. The molecule has 1 N–H and O–H groups in total. The normalized spacial score (nSPS) is 38.5. The van der Waals surface area contributed by atoms with E-state index in [2.05, 4.69) is 19.2 Å². The summed E-state index contributed by atoms with van der Waals surface area (Å²) in [5.74, 6) is 4.15. The number of hydrogen-bond acceptors (Lipinski definition) is 1. The minimum atomic E-state index is 1.02. The number of nitrogens with one attached hydrogen (secondary N) is 1. The molecule has 1 heterocycles. The molecule has 2 aliphatic rings. The van der Waals surface area contributed by atoms with Crippen molar-refractivity contribution in [1.82, 2.24) is 5.32 Å². The fraction of sp³-hybridized carbons (Fsp3) is 1.00. The third-order valence-electron chi connectivity index (χ3n) is 4.41. The Balaban J connectivity index is 1.90.